The molecule has 0 saturated carbocycles. The van der Waals surface area contributed by atoms with Crippen molar-refractivity contribution < 1.29 is 13.6 Å². The highest BCUT2D eigenvalue weighted by Crippen LogP contribution is 2.30. The molecule has 38 heavy (non-hydrogen) atoms. The predicted octanol–water partition coefficient (Wildman–Crippen LogP) is 5.96. The SMILES string of the molecule is N=S1CCCCNc2nc(ncc2-c2ccc(Nc3cc(F)ccc3F)cc2)Nc2cccc1c2.NC=O. The number of anilines is 5. The van der Waals surface area contributed by atoms with Gasteiger partial charge in [0.2, 0.25) is 12.4 Å². The number of rotatable bonds is 3. The molecule has 1 aliphatic heterocycles. The van der Waals surface area contributed by atoms with Crippen molar-refractivity contribution in [3.05, 3.63) is 84.6 Å². The summed E-state index contributed by atoms with van der Waals surface area (Å²) in [5.41, 5.74) is 7.46. The van der Waals surface area contributed by atoms with Gasteiger partial charge in [-0.25, -0.2) is 13.8 Å². The average Bonchev–Trinajstić information content (AvgIpc) is 2.92. The number of fused-ring (bicyclic) bond motifs is 4. The van der Waals surface area contributed by atoms with E-state index in [-0.39, 0.29) is 12.1 Å². The van der Waals surface area contributed by atoms with E-state index in [0.29, 0.717) is 17.5 Å². The number of halogens is 2. The Labute approximate surface area is 221 Å². The Morgan fingerprint density at radius 1 is 1.05 bits per heavy atom. The maximum atomic E-state index is 14.0. The molecule has 0 spiro atoms. The van der Waals surface area contributed by atoms with Gasteiger partial charge in [-0.3, -0.25) is 9.57 Å². The first-order chi connectivity index (χ1) is 18.5. The summed E-state index contributed by atoms with van der Waals surface area (Å²) in [5, 5.41) is 9.59. The van der Waals surface area contributed by atoms with E-state index in [0.717, 1.165) is 65.0 Å². The predicted molar refractivity (Wildman–Crippen MR) is 148 cm³/mol. The Kier molecular flexibility index (Phi) is 8.94. The highest BCUT2D eigenvalue weighted by atomic mass is 32.2. The van der Waals surface area contributed by atoms with Gasteiger partial charge in [-0.2, -0.15) is 4.98 Å². The molecule has 0 radical (unpaired) electrons. The normalized spacial score (nSPS) is 14.6. The molecule has 4 bridgehead atoms. The van der Waals surface area contributed by atoms with Gasteiger partial charge < -0.3 is 21.7 Å². The summed E-state index contributed by atoms with van der Waals surface area (Å²) < 4.78 is 35.9. The zero-order valence-electron chi connectivity index (χ0n) is 20.4. The van der Waals surface area contributed by atoms with Crippen molar-refractivity contribution in [2.75, 3.05) is 28.2 Å². The van der Waals surface area contributed by atoms with Gasteiger partial charge in [0.05, 0.1) is 5.69 Å². The van der Waals surface area contributed by atoms with Crippen LogP contribution in [0.3, 0.4) is 0 Å². The Morgan fingerprint density at radius 3 is 2.63 bits per heavy atom. The van der Waals surface area contributed by atoms with E-state index in [9.17, 15) is 8.78 Å². The Hall–Kier alpha value is -4.38. The topological polar surface area (TPSA) is 129 Å². The summed E-state index contributed by atoms with van der Waals surface area (Å²) in [6.45, 7) is 0.733. The van der Waals surface area contributed by atoms with Crippen LogP contribution in [0.5, 0.6) is 0 Å². The zero-order valence-corrected chi connectivity index (χ0v) is 21.2. The number of aromatic nitrogens is 2. The number of hydrogen-bond donors (Lipinski definition) is 5. The standard InChI is InChI=1S/C26H24F2N6S.CH3NO/c27-18-8-11-23(28)24(14-18)32-19-9-6-17(7-10-19)22-16-31-26-33-20-4-3-5-21(15-20)35(29)13-2-1-12-30-25(22)34-26;2-1-3/h3-11,14-16,29,32H,1-2,12-13H2,(H2,30,31,33,34);1H,(H2,2,3). The van der Waals surface area contributed by atoms with Crippen LogP contribution in [0.2, 0.25) is 0 Å². The van der Waals surface area contributed by atoms with Gasteiger partial charge in [0.1, 0.15) is 17.5 Å². The highest BCUT2D eigenvalue weighted by Gasteiger charge is 2.12. The van der Waals surface area contributed by atoms with E-state index in [2.05, 4.69) is 26.7 Å². The number of nitrogens with two attached hydrogens (primary N) is 1. The lowest BCUT2D eigenvalue weighted by atomic mass is 10.1. The second kappa shape index (κ2) is 12.7. The van der Waals surface area contributed by atoms with E-state index in [1.54, 1.807) is 18.3 Å². The lowest BCUT2D eigenvalue weighted by molar-refractivity contribution is -0.106. The van der Waals surface area contributed by atoms with Crippen LogP contribution in [-0.4, -0.2) is 28.7 Å². The second-order valence-electron chi connectivity index (χ2n) is 8.30. The third kappa shape index (κ3) is 6.88. The molecule has 0 fully saturated rings. The van der Waals surface area contributed by atoms with Gasteiger partial charge in [-0.15, -0.1) is 0 Å². The minimum atomic E-state index is -0.552. The molecule has 6 N–H and O–H groups in total. The minimum absolute atomic E-state index is 0.0795. The fourth-order valence-electron chi connectivity index (χ4n) is 3.82. The molecule has 1 atom stereocenters. The third-order valence-electron chi connectivity index (χ3n) is 5.63. The molecule has 3 aromatic carbocycles. The summed E-state index contributed by atoms with van der Waals surface area (Å²) in [6.07, 6.45) is 3.89. The summed E-state index contributed by atoms with van der Waals surface area (Å²) in [5.74, 6) is 0.969. The summed E-state index contributed by atoms with van der Waals surface area (Å²) in [6, 6.07) is 18.6. The fraction of sp³-hybridized carbons (Fsp3) is 0.148. The molecule has 11 heteroatoms. The van der Waals surface area contributed by atoms with E-state index in [1.807, 2.05) is 36.4 Å². The average molecular weight is 536 g/mol. The van der Waals surface area contributed by atoms with Crippen molar-refractivity contribution in [3.8, 4) is 11.1 Å². The number of carbonyl (C=O) groups excluding carboxylic acids is 1. The van der Waals surface area contributed by atoms with E-state index < -0.39 is 22.3 Å². The number of hydrogen-bond acceptors (Lipinski definition) is 7. The number of carbonyl (C=O) groups is 1. The van der Waals surface area contributed by atoms with Crippen molar-refractivity contribution in [1.29, 1.82) is 4.78 Å². The monoisotopic (exact) mass is 535 g/mol. The molecule has 5 rings (SSSR count). The number of nitrogens with zero attached hydrogens (tertiary/aromatic N) is 2. The third-order valence-corrected chi connectivity index (χ3v) is 7.15. The first-order valence-electron chi connectivity index (χ1n) is 11.8. The molecule has 196 valence electrons. The second-order valence-corrected chi connectivity index (χ2v) is 9.96. The van der Waals surface area contributed by atoms with Crippen LogP contribution in [0, 0.1) is 16.4 Å². The van der Waals surface area contributed by atoms with Gasteiger partial charge >= 0.3 is 0 Å². The minimum Gasteiger partial charge on any atom is -0.372 e. The number of nitrogens with one attached hydrogen (secondary N) is 4. The highest BCUT2D eigenvalue weighted by molar-refractivity contribution is 7.86. The van der Waals surface area contributed by atoms with Gasteiger partial charge in [0.25, 0.3) is 0 Å². The van der Waals surface area contributed by atoms with E-state index in [1.165, 1.54) is 0 Å². The van der Waals surface area contributed by atoms with E-state index >= 15 is 0 Å². The zero-order chi connectivity index (χ0) is 26.9. The van der Waals surface area contributed by atoms with Crippen LogP contribution in [0.25, 0.3) is 11.1 Å². The maximum absolute atomic E-state index is 14.0. The quantitative estimate of drug-likeness (QED) is 0.206. The Balaban J connectivity index is 0.00000107. The molecule has 8 nitrogen and oxygen atoms in total. The van der Waals surface area contributed by atoms with Crippen LogP contribution in [0.1, 0.15) is 12.8 Å². The molecule has 1 aliphatic rings. The van der Waals surface area contributed by atoms with Gasteiger partial charge in [0.15, 0.2) is 0 Å². The summed E-state index contributed by atoms with van der Waals surface area (Å²) in [7, 11) is -0.552. The molecular weight excluding hydrogens is 508 g/mol. The molecule has 1 amide bonds. The van der Waals surface area contributed by atoms with Gasteiger partial charge in [0, 0.05) is 46.4 Å². The largest absolute Gasteiger partial charge is 0.372 e. The van der Waals surface area contributed by atoms with Crippen molar-refractivity contribution in [2.24, 2.45) is 5.73 Å². The number of amides is 1. The summed E-state index contributed by atoms with van der Waals surface area (Å²) in [4.78, 5) is 18.8. The van der Waals surface area contributed by atoms with Crippen LogP contribution in [0.4, 0.5) is 37.6 Å². The van der Waals surface area contributed by atoms with E-state index in [4.69, 9.17) is 14.6 Å². The molecular formula is C27H27F2N7OS. The molecule has 0 aliphatic carbocycles. The van der Waals surface area contributed by atoms with Gasteiger partial charge in [-0.1, -0.05) is 28.9 Å². The van der Waals surface area contributed by atoms with Gasteiger partial charge in [-0.05, 0) is 60.9 Å². The van der Waals surface area contributed by atoms with Crippen LogP contribution in [-0.2, 0) is 15.5 Å². The molecule has 0 saturated heterocycles. The van der Waals surface area contributed by atoms with Crippen molar-refractivity contribution in [3.63, 3.8) is 0 Å². The van der Waals surface area contributed by atoms with Crippen molar-refractivity contribution >= 4 is 45.9 Å². The number of benzene rings is 3. The van der Waals surface area contributed by atoms with Crippen LogP contribution in [0.15, 0.2) is 77.8 Å². The smallest absolute Gasteiger partial charge is 0.229 e. The van der Waals surface area contributed by atoms with Crippen molar-refractivity contribution in [1.82, 2.24) is 9.97 Å². The first kappa shape index (κ1) is 26.7. The molecule has 4 aromatic rings. The molecule has 1 aromatic heterocycles. The van der Waals surface area contributed by atoms with Crippen LogP contribution < -0.4 is 21.7 Å². The molecule has 1 unspecified atom stereocenters. The lowest BCUT2D eigenvalue weighted by Crippen LogP contribution is -2.08. The Bertz CT molecular complexity index is 1430. The van der Waals surface area contributed by atoms with Crippen molar-refractivity contribution in [2.45, 2.75) is 17.7 Å². The maximum Gasteiger partial charge on any atom is 0.229 e. The first-order valence-corrected chi connectivity index (χ1v) is 13.2. The Morgan fingerprint density at radius 2 is 1.84 bits per heavy atom. The summed E-state index contributed by atoms with van der Waals surface area (Å²) >= 11 is 0. The van der Waals surface area contributed by atoms with Crippen LogP contribution >= 0.6 is 0 Å². The molecule has 2 heterocycles. The lowest BCUT2D eigenvalue weighted by Gasteiger charge is -2.14. The fourth-order valence-corrected chi connectivity index (χ4v) is 5.06. The number of primary amides is 1.